The maximum atomic E-state index is 13.1. The van der Waals surface area contributed by atoms with Gasteiger partial charge in [0, 0.05) is 8.95 Å². The second-order valence-electron chi connectivity index (χ2n) is 2.23. The van der Waals surface area contributed by atoms with Gasteiger partial charge < -0.3 is 11.1 Å². The Hall–Kier alpha value is -0.620. The van der Waals surface area contributed by atoms with Gasteiger partial charge in [0.05, 0.1) is 5.69 Å². The van der Waals surface area contributed by atoms with Crippen LogP contribution in [0.15, 0.2) is 21.1 Å². The van der Waals surface area contributed by atoms with E-state index in [2.05, 4.69) is 37.2 Å². The molecule has 70 valence electrons. The molecule has 0 aliphatic rings. The normalized spacial score (nSPS) is 9.77. The summed E-state index contributed by atoms with van der Waals surface area (Å²) in [5.41, 5.74) is 4.89. The molecule has 0 fully saturated rings. The largest absolute Gasteiger partial charge is 0.351 e. The SMILES string of the molecule is NC(=O)Nc1c(F)cc(Br)cc1Br. The smallest absolute Gasteiger partial charge is 0.316 e. The van der Waals surface area contributed by atoms with Crippen molar-refractivity contribution < 1.29 is 9.18 Å². The van der Waals surface area contributed by atoms with Crippen molar-refractivity contribution in [3.05, 3.63) is 26.9 Å². The number of carbonyl (C=O) groups is 1. The number of urea groups is 1. The number of primary amides is 1. The van der Waals surface area contributed by atoms with Crippen LogP contribution in [-0.4, -0.2) is 6.03 Å². The topological polar surface area (TPSA) is 55.1 Å². The van der Waals surface area contributed by atoms with E-state index in [1.165, 1.54) is 6.07 Å². The van der Waals surface area contributed by atoms with Crippen molar-refractivity contribution in [3.63, 3.8) is 0 Å². The Morgan fingerprint density at radius 1 is 1.46 bits per heavy atom. The summed E-state index contributed by atoms with van der Waals surface area (Å²) in [5.74, 6) is -0.556. The molecule has 1 rings (SSSR count). The van der Waals surface area contributed by atoms with Crippen LogP contribution in [-0.2, 0) is 0 Å². The molecule has 3 nitrogen and oxygen atoms in total. The summed E-state index contributed by atoms with van der Waals surface area (Å²) < 4.78 is 14.1. The maximum absolute atomic E-state index is 13.1. The van der Waals surface area contributed by atoms with Crippen molar-refractivity contribution in [1.82, 2.24) is 0 Å². The molecule has 6 heteroatoms. The Morgan fingerprint density at radius 3 is 2.54 bits per heavy atom. The van der Waals surface area contributed by atoms with E-state index in [4.69, 9.17) is 5.73 Å². The number of carbonyl (C=O) groups excluding carboxylic acids is 1. The molecule has 0 atom stereocenters. The van der Waals surface area contributed by atoms with E-state index >= 15 is 0 Å². The molecule has 0 saturated heterocycles. The fourth-order valence-corrected chi connectivity index (χ4v) is 2.06. The average molecular weight is 312 g/mol. The third kappa shape index (κ3) is 2.67. The van der Waals surface area contributed by atoms with Crippen LogP contribution < -0.4 is 11.1 Å². The summed E-state index contributed by atoms with van der Waals surface area (Å²) in [6.07, 6.45) is 0. The first-order valence-corrected chi connectivity index (χ1v) is 4.80. The van der Waals surface area contributed by atoms with Crippen molar-refractivity contribution in [2.45, 2.75) is 0 Å². The fourth-order valence-electron chi connectivity index (χ4n) is 0.785. The highest BCUT2D eigenvalue weighted by Gasteiger charge is 2.09. The quantitative estimate of drug-likeness (QED) is 0.823. The van der Waals surface area contributed by atoms with Crippen molar-refractivity contribution in [1.29, 1.82) is 0 Å². The minimum Gasteiger partial charge on any atom is -0.351 e. The van der Waals surface area contributed by atoms with Crippen LogP contribution in [0.25, 0.3) is 0 Å². The highest BCUT2D eigenvalue weighted by Crippen LogP contribution is 2.29. The molecule has 0 aliphatic carbocycles. The molecule has 1 aromatic rings. The highest BCUT2D eigenvalue weighted by atomic mass is 79.9. The number of hydrogen-bond acceptors (Lipinski definition) is 1. The molecule has 0 aromatic heterocycles. The van der Waals surface area contributed by atoms with Crippen LogP contribution in [0.1, 0.15) is 0 Å². The number of halogens is 3. The van der Waals surface area contributed by atoms with Crippen molar-refractivity contribution in [3.8, 4) is 0 Å². The van der Waals surface area contributed by atoms with Crippen molar-refractivity contribution in [2.24, 2.45) is 5.73 Å². The second kappa shape index (κ2) is 4.06. The lowest BCUT2D eigenvalue weighted by molar-refractivity contribution is 0.259. The summed E-state index contributed by atoms with van der Waals surface area (Å²) in [6.45, 7) is 0. The van der Waals surface area contributed by atoms with Crippen LogP contribution in [0, 0.1) is 5.82 Å². The molecule has 13 heavy (non-hydrogen) atoms. The molecule has 3 N–H and O–H groups in total. The molecular formula is C7H5Br2FN2O. The highest BCUT2D eigenvalue weighted by molar-refractivity contribution is 9.11. The Kier molecular flexibility index (Phi) is 3.27. The van der Waals surface area contributed by atoms with Crippen LogP contribution in [0.5, 0.6) is 0 Å². The van der Waals surface area contributed by atoms with E-state index in [1.807, 2.05) is 0 Å². The Labute approximate surface area is 90.7 Å². The van der Waals surface area contributed by atoms with Gasteiger partial charge in [0.1, 0.15) is 5.82 Å². The van der Waals surface area contributed by atoms with Crippen LogP contribution in [0.3, 0.4) is 0 Å². The zero-order chi connectivity index (χ0) is 10.0. The minimum absolute atomic E-state index is 0.0377. The number of rotatable bonds is 1. The third-order valence-electron chi connectivity index (χ3n) is 1.26. The standard InChI is InChI=1S/C7H5Br2FN2O/c8-3-1-4(9)6(5(10)2-3)12-7(11)13/h1-2H,(H3,11,12,13). The first kappa shape index (κ1) is 10.5. The molecule has 0 unspecified atom stereocenters. The van der Waals surface area contributed by atoms with Crippen LogP contribution in [0.2, 0.25) is 0 Å². The lowest BCUT2D eigenvalue weighted by Gasteiger charge is -2.06. The van der Waals surface area contributed by atoms with Gasteiger partial charge in [0.2, 0.25) is 0 Å². The Morgan fingerprint density at radius 2 is 2.08 bits per heavy atom. The number of nitrogens with one attached hydrogen (secondary N) is 1. The molecule has 2 amide bonds. The predicted molar refractivity (Wildman–Crippen MR) is 55.0 cm³/mol. The van der Waals surface area contributed by atoms with E-state index in [0.717, 1.165) is 0 Å². The molecule has 0 spiro atoms. The molecule has 1 aromatic carbocycles. The summed E-state index contributed by atoms with van der Waals surface area (Å²) in [4.78, 5) is 10.5. The van der Waals surface area contributed by atoms with Gasteiger partial charge in [-0.1, -0.05) is 15.9 Å². The summed E-state index contributed by atoms with van der Waals surface area (Å²) >= 11 is 6.19. The molecule has 0 aliphatic heterocycles. The van der Waals surface area contributed by atoms with Gasteiger partial charge in [-0.25, -0.2) is 9.18 Å². The number of anilines is 1. The Balaban J connectivity index is 3.13. The number of nitrogens with two attached hydrogens (primary N) is 1. The van der Waals surface area contributed by atoms with Crippen LogP contribution >= 0.6 is 31.9 Å². The summed E-state index contributed by atoms with van der Waals surface area (Å²) in [7, 11) is 0. The first-order chi connectivity index (χ1) is 6.00. The molecule has 0 heterocycles. The van der Waals surface area contributed by atoms with Crippen LogP contribution in [0.4, 0.5) is 14.9 Å². The van der Waals surface area contributed by atoms with Crippen molar-refractivity contribution >= 4 is 43.6 Å². The van der Waals surface area contributed by atoms with E-state index < -0.39 is 11.8 Å². The van der Waals surface area contributed by atoms with Gasteiger partial charge in [-0.3, -0.25) is 0 Å². The van der Waals surface area contributed by atoms with Gasteiger partial charge in [0.15, 0.2) is 0 Å². The predicted octanol–water partition coefficient (Wildman–Crippen LogP) is 2.84. The molecule has 0 bridgehead atoms. The molecular weight excluding hydrogens is 307 g/mol. The number of benzene rings is 1. The zero-order valence-electron chi connectivity index (χ0n) is 6.27. The number of amides is 2. The van der Waals surface area contributed by atoms with Gasteiger partial charge in [-0.05, 0) is 28.1 Å². The van der Waals surface area contributed by atoms with E-state index in [9.17, 15) is 9.18 Å². The van der Waals surface area contributed by atoms with Crippen molar-refractivity contribution in [2.75, 3.05) is 5.32 Å². The van der Waals surface area contributed by atoms with Gasteiger partial charge in [-0.2, -0.15) is 0 Å². The second-order valence-corrected chi connectivity index (χ2v) is 4.00. The zero-order valence-corrected chi connectivity index (χ0v) is 9.45. The van der Waals surface area contributed by atoms with E-state index in [-0.39, 0.29) is 5.69 Å². The monoisotopic (exact) mass is 310 g/mol. The third-order valence-corrected chi connectivity index (χ3v) is 2.34. The first-order valence-electron chi connectivity index (χ1n) is 3.21. The Bertz CT molecular complexity index is 333. The van der Waals surface area contributed by atoms with Gasteiger partial charge in [-0.15, -0.1) is 0 Å². The molecule has 0 saturated carbocycles. The minimum atomic E-state index is -0.804. The summed E-state index contributed by atoms with van der Waals surface area (Å²) in [6, 6.07) is 2.03. The lowest BCUT2D eigenvalue weighted by Crippen LogP contribution is -2.20. The van der Waals surface area contributed by atoms with E-state index in [1.54, 1.807) is 6.07 Å². The number of hydrogen-bond donors (Lipinski definition) is 2. The average Bonchev–Trinajstić information content (AvgIpc) is 1.96. The maximum Gasteiger partial charge on any atom is 0.316 e. The lowest BCUT2D eigenvalue weighted by atomic mass is 10.3. The molecule has 0 radical (unpaired) electrons. The van der Waals surface area contributed by atoms with Gasteiger partial charge >= 0.3 is 6.03 Å². The van der Waals surface area contributed by atoms with Gasteiger partial charge in [0.25, 0.3) is 0 Å². The fraction of sp³-hybridized carbons (Fsp3) is 0. The van der Waals surface area contributed by atoms with E-state index in [0.29, 0.717) is 8.95 Å². The summed E-state index contributed by atoms with van der Waals surface area (Å²) in [5, 5.41) is 2.16.